The Bertz CT molecular complexity index is 1510. The SMILES string of the molecule is Cc1cccc2c1OB(O)[C@@H](CC(=O)C(NC(=O)N1CCN(CCF)C(=O)C1=O)c1ccc(S(N)(=O)=O)c(F)c1)C2. The number of primary sulfonamides is 1. The number of urea groups is 1. The van der Waals surface area contributed by atoms with Crippen molar-refractivity contribution in [3.63, 3.8) is 0 Å². The standard InChI is InChI=1S/C25H27BF2N4O8S/c1-14-3-2-4-16-11-17(26(37)40-22(14)16)13-19(33)21(15-5-6-20(18(28)12-15)41(29,38)39)30-25(36)32-10-9-31(8-7-27)23(34)24(32)35/h2-6,12,17,21,37H,7-11,13H2,1H3,(H,30,36)(H2,29,38,39)/t17-,21?/m1/s1. The number of hydrogen-bond donors (Lipinski definition) is 3. The van der Waals surface area contributed by atoms with E-state index in [1.54, 1.807) is 25.1 Å². The van der Waals surface area contributed by atoms with Crippen LogP contribution in [0.4, 0.5) is 13.6 Å². The molecule has 0 aromatic heterocycles. The lowest BCUT2D eigenvalue weighted by atomic mass is 9.64. The number of halogens is 2. The number of benzene rings is 2. The fourth-order valence-corrected chi connectivity index (χ4v) is 5.44. The van der Waals surface area contributed by atoms with Crippen molar-refractivity contribution in [2.75, 3.05) is 26.3 Å². The van der Waals surface area contributed by atoms with Gasteiger partial charge in [-0.3, -0.25) is 19.3 Å². The molecule has 4 N–H and O–H groups in total. The summed E-state index contributed by atoms with van der Waals surface area (Å²) in [5, 5.41) is 17.9. The van der Waals surface area contributed by atoms with Crippen LogP contribution in [0, 0.1) is 12.7 Å². The molecular weight excluding hydrogens is 565 g/mol. The Hall–Kier alpha value is -3.89. The highest BCUT2D eigenvalue weighted by Gasteiger charge is 2.40. The third kappa shape index (κ3) is 6.39. The van der Waals surface area contributed by atoms with Gasteiger partial charge in [0.25, 0.3) is 0 Å². The molecule has 2 atom stereocenters. The van der Waals surface area contributed by atoms with Gasteiger partial charge >= 0.3 is 25.0 Å². The minimum absolute atomic E-state index is 0.136. The molecule has 0 aliphatic carbocycles. The molecule has 2 aromatic carbocycles. The van der Waals surface area contributed by atoms with Crippen LogP contribution < -0.4 is 15.1 Å². The van der Waals surface area contributed by atoms with Crippen LogP contribution in [-0.4, -0.2) is 80.3 Å². The molecule has 12 nitrogen and oxygen atoms in total. The first-order valence-corrected chi connectivity index (χ1v) is 14.1. The number of aryl methyl sites for hydroxylation is 1. The van der Waals surface area contributed by atoms with E-state index in [1.165, 1.54) is 0 Å². The lowest BCUT2D eigenvalue weighted by molar-refractivity contribution is -0.153. The molecule has 0 saturated carbocycles. The second-order valence-corrected chi connectivity index (χ2v) is 11.3. The third-order valence-corrected chi connectivity index (χ3v) is 7.92. The number of ketones is 1. The van der Waals surface area contributed by atoms with Gasteiger partial charge in [0.2, 0.25) is 10.0 Å². The van der Waals surface area contributed by atoms with Gasteiger partial charge in [-0.25, -0.2) is 27.1 Å². The number of sulfonamides is 1. The summed E-state index contributed by atoms with van der Waals surface area (Å²) in [7, 11) is -5.82. The van der Waals surface area contributed by atoms with Gasteiger partial charge in [0.1, 0.15) is 29.2 Å². The number of alkyl halides is 1. The normalized spacial score (nSPS) is 18.1. The first-order valence-electron chi connectivity index (χ1n) is 12.6. The van der Waals surface area contributed by atoms with E-state index in [2.05, 4.69) is 5.32 Å². The fraction of sp³-hybridized carbons (Fsp3) is 0.360. The predicted octanol–water partition coefficient (Wildman–Crippen LogP) is 0.618. The third-order valence-electron chi connectivity index (χ3n) is 6.97. The zero-order valence-corrected chi connectivity index (χ0v) is 22.7. The second-order valence-electron chi connectivity index (χ2n) is 9.76. The largest absolute Gasteiger partial charge is 0.536 e. The van der Waals surface area contributed by atoms with E-state index in [0.29, 0.717) is 16.7 Å². The number of piperazine rings is 1. The maximum absolute atomic E-state index is 14.7. The Morgan fingerprint density at radius 2 is 1.95 bits per heavy atom. The smallest absolute Gasteiger partial charge is 0.526 e. The number of nitrogens with two attached hydrogens (primary N) is 1. The molecule has 0 radical (unpaired) electrons. The van der Waals surface area contributed by atoms with Gasteiger partial charge in [-0.2, -0.15) is 0 Å². The molecule has 2 heterocycles. The zero-order valence-electron chi connectivity index (χ0n) is 21.9. The number of imide groups is 1. The maximum Gasteiger partial charge on any atom is 0.526 e. The summed E-state index contributed by atoms with van der Waals surface area (Å²) < 4.78 is 56.4. The number of carbonyl (C=O) groups is 4. The van der Waals surface area contributed by atoms with E-state index < -0.39 is 70.0 Å². The zero-order chi connectivity index (χ0) is 30.1. The Morgan fingerprint density at radius 3 is 2.61 bits per heavy atom. The molecule has 0 spiro atoms. The van der Waals surface area contributed by atoms with Crippen LogP contribution in [-0.2, 0) is 30.8 Å². The predicted molar refractivity (Wildman–Crippen MR) is 140 cm³/mol. The molecule has 2 aromatic rings. The minimum Gasteiger partial charge on any atom is -0.536 e. The minimum atomic E-state index is -4.44. The van der Waals surface area contributed by atoms with E-state index in [4.69, 9.17) is 9.79 Å². The van der Waals surface area contributed by atoms with Crippen molar-refractivity contribution in [1.29, 1.82) is 0 Å². The summed E-state index contributed by atoms with van der Waals surface area (Å²) in [5.74, 6) is -4.63. The van der Waals surface area contributed by atoms with Gasteiger partial charge in [-0.05, 0) is 42.2 Å². The average molecular weight is 592 g/mol. The highest BCUT2D eigenvalue weighted by Crippen LogP contribution is 2.37. The van der Waals surface area contributed by atoms with Crippen molar-refractivity contribution >= 4 is 40.8 Å². The number of carbonyl (C=O) groups excluding carboxylic acids is 4. The number of nitrogens with one attached hydrogen (secondary N) is 1. The monoisotopic (exact) mass is 592 g/mol. The van der Waals surface area contributed by atoms with E-state index in [1.807, 2.05) is 0 Å². The van der Waals surface area contributed by atoms with Gasteiger partial charge in [0.15, 0.2) is 5.78 Å². The van der Waals surface area contributed by atoms with Gasteiger partial charge in [-0.15, -0.1) is 0 Å². The number of hydrogen-bond acceptors (Lipinski definition) is 8. The number of amides is 4. The van der Waals surface area contributed by atoms with E-state index >= 15 is 0 Å². The van der Waals surface area contributed by atoms with Gasteiger partial charge in [-0.1, -0.05) is 24.3 Å². The van der Waals surface area contributed by atoms with Crippen molar-refractivity contribution in [2.24, 2.45) is 5.14 Å². The number of para-hydroxylation sites is 1. The van der Waals surface area contributed by atoms with Gasteiger partial charge in [0, 0.05) is 31.9 Å². The summed E-state index contributed by atoms with van der Waals surface area (Å²) in [4.78, 5) is 52.1. The topological polar surface area (TPSA) is 176 Å². The molecule has 0 bridgehead atoms. The number of nitrogens with zero attached hydrogens (tertiary/aromatic N) is 2. The summed E-state index contributed by atoms with van der Waals surface area (Å²) >= 11 is 0. The average Bonchev–Trinajstić information content (AvgIpc) is 2.90. The number of rotatable bonds is 8. The molecule has 4 amide bonds. The molecule has 1 saturated heterocycles. The van der Waals surface area contributed by atoms with Crippen LogP contribution >= 0.6 is 0 Å². The number of Topliss-reactive ketones (excluding diaryl/α,β-unsaturated/α-hetero) is 1. The van der Waals surface area contributed by atoms with Crippen LogP contribution in [0.25, 0.3) is 0 Å². The molecule has 4 rings (SSSR count). The molecule has 1 unspecified atom stereocenters. The van der Waals surface area contributed by atoms with Crippen molar-refractivity contribution < 1.29 is 46.1 Å². The molecule has 41 heavy (non-hydrogen) atoms. The Balaban J connectivity index is 1.61. The van der Waals surface area contributed by atoms with E-state index in [9.17, 15) is 41.4 Å². The molecule has 218 valence electrons. The van der Waals surface area contributed by atoms with Crippen LogP contribution in [0.3, 0.4) is 0 Å². The Labute approximate surface area is 234 Å². The Morgan fingerprint density at radius 1 is 1.22 bits per heavy atom. The molecule has 2 aliphatic heterocycles. The summed E-state index contributed by atoms with van der Waals surface area (Å²) in [5.41, 5.74) is 1.35. The van der Waals surface area contributed by atoms with Crippen molar-refractivity contribution in [1.82, 2.24) is 15.1 Å². The molecule has 1 fully saturated rings. The fourth-order valence-electron chi connectivity index (χ4n) is 4.85. The van der Waals surface area contributed by atoms with Crippen molar-refractivity contribution in [3.8, 4) is 5.75 Å². The second kappa shape index (κ2) is 11.9. The molecular formula is C25H27BF2N4O8S. The van der Waals surface area contributed by atoms with E-state index in [-0.39, 0.29) is 38.0 Å². The summed E-state index contributed by atoms with van der Waals surface area (Å²) in [6, 6.07) is 5.20. The van der Waals surface area contributed by atoms with E-state index in [0.717, 1.165) is 28.2 Å². The molecule has 16 heteroatoms. The lowest BCUT2D eigenvalue weighted by Gasteiger charge is -2.33. The molecule has 2 aliphatic rings. The summed E-state index contributed by atoms with van der Waals surface area (Å²) in [6.45, 7) is 0.156. The number of fused-ring (bicyclic) bond motifs is 1. The van der Waals surface area contributed by atoms with Crippen LogP contribution in [0.2, 0.25) is 5.82 Å². The van der Waals surface area contributed by atoms with Crippen molar-refractivity contribution in [2.45, 2.75) is 36.5 Å². The van der Waals surface area contributed by atoms with Crippen LogP contribution in [0.1, 0.15) is 29.2 Å². The van der Waals surface area contributed by atoms with Crippen molar-refractivity contribution in [3.05, 3.63) is 58.9 Å². The lowest BCUT2D eigenvalue weighted by Crippen LogP contribution is -2.59. The highest BCUT2D eigenvalue weighted by atomic mass is 32.2. The maximum atomic E-state index is 14.7. The first-order chi connectivity index (χ1) is 19.3. The quantitative estimate of drug-likeness (QED) is 0.295. The van der Waals surface area contributed by atoms with Crippen LogP contribution in [0.5, 0.6) is 5.75 Å². The Kier molecular flexibility index (Phi) is 8.75. The highest BCUT2D eigenvalue weighted by molar-refractivity contribution is 7.89. The van der Waals surface area contributed by atoms with Gasteiger partial charge in [0.05, 0.1) is 0 Å². The first kappa shape index (κ1) is 30.1. The van der Waals surface area contributed by atoms with Crippen LogP contribution in [0.15, 0.2) is 41.3 Å². The van der Waals surface area contributed by atoms with Gasteiger partial charge < -0.3 is 19.9 Å². The summed E-state index contributed by atoms with van der Waals surface area (Å²) in [6.07, 6.45) is -0.123.